The number of nitrogens with one attached hydrogen (secondary N) is 1. The fraction of sp³-hybridized carbons (Fsp3) is 0.318. The summed E-state index contributed by atoms with van der Waals surface area (Å²) in [5.74, 6) is -2.73. The van der Waals surface area contributed by atoms with Crippen LogP contribution in [0.4, 0.5) is 8.78 Å². The minimum absolute atomic E-state index is 0.0223. The number of aryl methyl sites for hydroxylation is 2. The number of hydrogen-bond acceptors (Lipinski definition) is 3. The van der Waals surface area contributed by atoms with E-state index in [0.29, 0.717) is 11.2 Å². The first kappa shape index (κ1) is 18.7. The van der Waals surface area contributed by atoms with Crippen LogP contribution in [0.1, 0.15) is 18.9 Å². The number of rotatable bonds is 4. The van der Waals surface area contributed by atoms with Gasteiger partial charge in [-0.1, -0.05) is 19.1 Å². The number of halogens is 2. The Kier molecular flexibility index (Phi) is 3.81. The molecule has 1 fully saturated rings. The van der Waals surface area contributed by atoms with E-state index >= 15 is 0 Å². The van der Waals surface area contributed by atoms with Crippen LogP contribution in [-0.4, -0.2) is 30.2 Å². The van der Waals surface area contributed by atoms with Gasteiger partial charge in [0.25, 0.3) is 5.92 Å². The quantitative estimate of drug-likeness (QED) is 0.551. The first-order valence-electron chi connectivity index (χ1n) is 9.75. The Morgan fingerprint density at radius 1 is 1.20 bits per heavy atom. The van der Waals surface area contributed by atoms with Crippen LogP contribution < -0.4 is 5.69 Å². The van der Waals surface area contributed by atoms with Crippen molar-refractivity contribution in [3.63, 3.8) is 0 Å². The molecule has 0 saturated heterocycles. The molecule has 154 valence electrons. The molecule has 8 heteroatoms. The van der Waals surface area contributed by atoms with Crippen molar-refractivity contribution in [3.05, 3.63) is 58.6 Å². The highest BCUT2D eigenvalue weighted by molar-refractivity contribution is 5.79. The van der Waals surface area contributed by atoms with E-state index in [1.165, 1.54) is 16.1 Å². The molecule has 1 aliphatic rings. The fourth-order valence-electron chi connectivity index (χ4n) is 4.02. The lowest BCUT2D eigenvalue weighted by atomic mass is 10.0. The van der Waals surface area contributed by atoms with Gasteiger partial charge in [-0.3, -0.25) is 14.2 Å². The molecular weight excluding hydrogens is 388 g/mol. The van der Waals surface area contributed by atoms with Crippen molar-refractivity contribution in [2.45, 2.75) is 32.7 Å². The van der Waals surface area contributed by atoms with Gasteiger partial charge in [0.05, 0.1) is 22.3 Å². The molecule has 1 unspecified atom stereocenters. The molecule has 0 aliphatic heterocycles. The normalized spacial score (nSPS) is 20.0. The Morgan fingerprint density at radius 2 is 1.97 bits per heavy atom. The molecule has 0 amide bonds. The summed E-state index contributed by atoms with van der Waals surface area (Å²) in [5, 5.41) is 6.95. The molecule has 1 saturated carbocycles. The molecule has 3 heterocycles. The summed E-state index contributed by atoms with van der Waals surface area (Å²) in [6.07, 6.45) is 1.50. The summed E-state index contributed by atoms with van der Waals surface area (Å²) in [5.41, 5.74) is 4.11. The van der Waals surface area contributed by atoms with Gasteiger partial charge in [-0.15, -0.1) is 0 Å². The number of pyridine rings is 1. The molecule has 1 N–H and O–H groups in total. The maximum atomic E-state index is 13.7. The number of H-pyrrole nitrogens is 1. The van der Waals surface area contributed by atoms with Crippen molar-refractivity contribution < 1.29 is 8.78 Å². The Hall–Kier alpha value is -3.29. The summed E-state index contributed by atoms with van der Waals surface area (Å²) >= 11 is 0. The second kappa shape index (κ2) is 6.10. The van der Waals surface area contributed by atoms with E-state index in [9.17, 15) is 13.6 Å². The molecule has 1 atom stereocenters. The number of hydrogen-bond donors (Lipinski definition) is 1. The van der Waals surface area contributed by atoms with Crippen LogP contribution in [0, 0.1) is 12.3 Å². The molecule has 0 radical (unpaired) electrons. The monoisotopic (exact) mass is 409 g/mol. The lowest BCUT2D eigenvalue weighted by Crippen LogP contribution is -2.27. The Bertz CT molecular complexity index is 1340. The SMILES string of the molecule is Cc1ccc(-c2ccn[nH]2)cc1-c1ccc2c(n1)n(C)c(=O)n2CC1(C)CC1(F)F. The predicted molar refractivity (Wildman–Crippen MR) is 110 cm³/mol. The van der Waals surface area contributed by atoms with Crippen molar-refractivity contribution in [1.29, 1.82) is 0 Å². The van der Waals surface area contributed by atoms with Gasteiger partial charge < -0.3 is 0 Å². The fourth-order valence-corrected chi connectivity index (χ4v) is 4.02. The number of aromatic nitrogens is 5. The lowest BCUT2D eigenvalue weighted by Gasteiger charge is -2.11. The number of alkyl halides is 2. The second-order valence-electron chi connectivity index (χ2n) is 8.41. The van der Waals surface area contributed by atoms with Gasteiger partial charge in [0, 0.05) is 37.3 Å². The summed E-state index contributed by atoms with van der Waals surface area (Å²) in [6, 6.07) is 11.6. The summed E-state index contributed by atoms with van der Waals surface area (Å²) in [4.78, 5) is 17.5. The van der Waals surface area contributed by atoms with E-state index in [-0.39, 0.29) is 18.7 Å². The van der Waals surface area contributed by atoms with Crippen LogP contribution in [0.25, 0.3) is 33.7 Å². The zero-order valence-electron chi connectivity index (χ0n) is 16.9. The summed E-state index contributed by atoms with van der Waals surface area (Å²) < 4.78 is 30.3. The third-order valence-electron chi connectivity index (χ3n) is 6.18. The largest absolute Gasteiger partial charge is 0.330 e. The molecule has 0 spiro atoms. The number of aromatic amines is 1. The topological polar surface area (TPSA) is 68.5 Å². The third kappa shape index (κ3) is 2.70. The molecule has 4 aromatic rings. The average molecular weight is 409 g/mol. The van der Waals surface area contributed by atoms with Crippen molar-refractivity contribution in [2.75, 3.05) is 0 Å². The molecule has 0 bridgehead atoms. The zero-order valence-corrected chi connectivity index (χ0v) is 16.9. The highest BCUT2D eigenvalue weighted by Gasteiger charge is 2.68. The Labute approximate surface area is 171 Å². The van der Waals surface area contributed by atoms with Crippen LogP contribution >= 0.6 is 0 Å². The van der Waals surface area contributed by atoms with Crippen molar-refractivity contribution >= 4 is 11.2 Å². The minimum atomic E-state index is -2.73. The standard InChI is InChI=1S/C22H21F2N5O/c1-13-4-5-14(16-8-9-25-27-16)10-15(13)17-6-7-18-19(26-17)28(3)20(30)29(18)12-21(2)11-22(21,23)24/h4-10H,11-12H2,1-3H3,(H,25,27). The molecular formula is C22H21F2N5O. The molecule has 5 rings (SSSR count). The van der Waals surface area contributed by atoms with E-state index < -0.39 is 11.3 Å². The smallest absolute Gasteiger partial charge is 0.290 e. The highest BCUT2D eigenvalue weighted by Crippen LogP contribution is 2.61. The maximum Gasteiger partial charge on any atom is 0.330 e. The van der Waals surface area contributed by atoms with E-state index in [4.69, 9.17) is 4.98 Å². The molecule has 6 nitrogen and oxygen atoms in total. The van der Waals surface area contributed by atoms with Gasteiger partial charge in [0.2, 0.25) is 0 Å². The summed E-state index contributed by atoms with van der Waals surface area (Å²) in [6.45, 7) is 3.49. The van der Waals surface area contributed by atoms with Gasteiger partial charge in [-0.25, -0.2) is 18.6 Å². The van der Waals surface area contributed by atoms with Crippen LogP contribution in [0.3, 0.4) is 0 Å². The van der Waals surface area contributed by atoms with E-state index in [0.717, 1.165) is 28.1 Å². The van der Waals surface area contributed by atoms with Gasteiger partial charge in [0.15, 0.2) is 5.65 Å². The second-order valence-corrected chi connectivity index (χ2v) is 8.41. The highest BCUT2D eigenvalue weighted by atomic mass is 19.3. The van der Waals surface area contributed by atoms with Crippen LogP contribution in [0.2, 0.25) is 0 Å². The van der Waals surface area contributed by atoms with Crippen LogP contribution in [0.5, 0.6) is 0 Å². The number of nitrogens with zero attached hydrogens (tertiary/aromatic N) is 4. The first-order chi connectivity index (χ1) is 14.2. The van der Waals surface area contributed by atoms with E-state index in [1.807, 2.05) is 37.3 Å². The van der Waals surface area contributed by atoms with Crippen molar-refractivity contribution in [2.24, 2.45) is 12.5 Å². The predicted octanol–water partition coefficient (Wildman–Crippen LogP) is 4.15. The van der Waals surface area contributed by atoms with Crippen LogP contribution in [-0.2, 0) is 13.6 Å². The van der Waals surface area contributed by atoms with Crippen molar-refractivity contribution in [3.8, 4) is 22.5 Å². The van der Waals surface area contributed by atoms with Gasteiger partial charge in [-0.05, 0) is 36.8 Å². The third-order valence-corrected chi connectivity index (χ3v) is 6.18. The molecule has 30 heavy (non-hydrogen) atoms. The first-order valence-corrected chi connectivity index (χ1v) is 9.75. The van der Waals surface area contributed by atoms with Crippen molar-refractivity contribution in [1.82, 2.24) is 24.3 Å². The molecule has 1 aromatic carbocycles. The van der Waals surface area contributed by atoms with Gasteiger partial charge in [0.1, 0.15) is 0 Å². The van der Waals surface area contributed by atoms with Gasteiger partial charge in [-0.2, -0.15) is 5.10 Å². The minimum Gasteiger partial charge on any atom is -0.290 e. The number of fused-ring (bicyclic) bond motifs is 1. The zero-order chi connectivity index (χ0) is 21.3. The van der Waals surface area contributed by atoms with E-state index in [1.54, 1.807) is 19.3 Å². The molecule has 3 aromatic heterocycles. The van der Waals surface area contributed by atoms with Gasteiger partial charge >= 0.3 is 5.69 Å². The summed E-state index contributed by atoms with van der Waals surface area (Å²) in [7, 11) is 1.62. The average Bonchev–Trinajstić information content (AvgIpc) is 3.09. The number of benzene rings is 1. The lowest BCUT2D eigenvalue weighted by molar-refractivity contribution is 0.0637. The Balaban J connectivity index is 1.61. The molecule has 1 aliphatic carbocycles. The van der Waals surface area contributed by atoms with E-state index in [2.05, 4.69) is 10.2 Å². The Morgan fingerprint density at radius 3 is 2.63 bits per heavy atom. The number of imidazole rings is 1. The maximum absolute atomic E-state index is 13.7. The van der Waals surface area contributed by atoms with Crippen LogP contribution in [0.15, 0.2) is 47.4 Å².